The SMILES string of the molecule is C=CC1CC1(NC(=O)C1CC2(CCc3c(c(C)nc4c(C(F)(F)F)cccc34)O2)CN1C(=O)CNC(=O)OC(C)(C)C)C(=O)OCC. The number of ether oxygens (including phenoxy) is 3. The van der Waals surface area contributed by atoms with E-state index in [0.717, 1.165) is 6.07 Å². The first kappa shape index (κ1) is 34.0. The Bertz CT molecular complexity index is 1640. The van der Waals surface area contributed by atoms with Gasteiger partial charge in [0.15, 0.2) is 0 Å². The molecule has 3 amide bonds. The number of alkyl carbamates (subject to hydrolysis) is 1. The Morgan fingerprint density at radius 2 is 1.91 bits per heavy atom. The van der Waals surface area contributed by atoms with Gasteiger partial charge in [-0.2, -0.15) is 13.2 Å². The highest BCUT2D eigenvalue weighted by Gasteiger charge is 2.62. The largest absolute Gasteiger partial charge is 0.483 e. The van der Waals surface area contributed by atoms with E-state index >= 15 is 0 Å². The molecule has 0 bridgehead atoms. The Hall–Kier alpha value is -4.36. The Morgan fingerprint density at radius 3 is 2.53 bits per heavy atom. The average Bonchev–Trinajstić information content (AvgIpc) is 3.58. The van der Waals surface area contributed by atoms with Gasteiger partial charge in [0.05, 0.1) is 29.9 Å². The molecule has 0 radical (unpaired) electrons. The predicted molar refractivity (Wildman–Crippen MR) is 163 cm³/mol. The number of hydrogen-bond acceptors (Lipinski definition) is 8. The highest BCUT2D eigenvalue weighted by atomic mass is 19.4. The summed E-state index contributed by atoms with van der Waals surface area (Å²) >= 11 is 0. The summed E-state index contributed by atoms with van der Waals surface area (Å²) in [6, 6.07) is 2.78. The van der Waals surface area contributed by atoms with Crippen LogP contribution >= 0.6 is 0 Å². The van der Waals surface area contributed by atoms with Crippen molar-refractivity contribution in [3.8, 4) is 5.75 Å². The standard InChI is InChI=1S/C33H39F3N4O7/c1-7-19-14-32(19,28(43)45-8-2)39-27(42)23-15-31(17-40(23)24(41)16-37-29(44)47-30(4,5)6)13-12-21-20-10-9-11-22(33(34,35)36)25(20)38-18(3)26(21)46-31/h7,9-11,19,23H,1,8,12-17H2,2-6H3,(H,37,44)(H,39,42). The second-order valence-corrected chi connectivity index (χ2v) is 13.3. The number of rotatable bonds is 7. The second-order valence-electron chi connectivity index (χ2n) is 13.3. The molecule has 2 N–H and O–H groups in total. The van der Waals surface area contributed by atoms with Crippen LogP contribution in [0.3, 0.4) is 0 Å². The number of aromatic nitrogens is 1. The van der Waals surface area contributed by atoms with E-state index in [4.69, 9.17) is 14.2 Å². The smallest absolute Gasteiger partial charge is 0.418 e. The molecule has 3 heterocycles. The highest BCUT2D eigenvalue weighted by molar-refractivity contribution is 5.96. The summed E-state index contributed by atoms with van der Waals surface area (Å²) in [5.41, 5.74) is -3.43. The number of nitrogens with zero attached hydrogens (tertiary/aromatic N) is 2. The molecule has 2 aromatic rings. The number of amides is 3. The van der Waals surface area contributed by atoms with Gasteiger partial charge in [-0.1, -0.05) is 18.2 Å². The lowest BCUT2D eigenvalue weighted by atomic mass is 9.86. The van der Waals surface area contributed by atoms with Crippen LogP contribution in [0, 0.1) is 12.8 Å². The van der Waals surface area contributed by atoms with E-state index in [1.54, 1.807) is 46.8 Å². The van der Waals surface area contributed by atoms with E-state index in [-0.39, 0.29) is 49.5 Å². The molecular formula is C33H39F3N4O7. The molecule has 5 rings (SSSR count). The van der Waals surface area contributed by atoms with E-state index in [0.29, 0.717) is 23.1 Å². The summed E-state index contributed by atoms with van der Waals surface area (Å²) in [6.45, 7) is 11.6. The number of hydrogen-bond donors (Lipinski definition) is 2. The Labute approximate surface area is 270 Å². The number of halogens is 3. The van der Waals surface area contributed by atoms with Crippen molar-refractivity contribution >= 4 is 34.8 Å². The zero-order chi connectivity index (χ0) is 34.5. The van der Waals surface area contributed by atoms with Gasteiger partial charge in [-0.15, -0.1) is 6.58 Å². The molecule has 1 aromatic carbocycles. The van der Waals surface area contributed by atoms with E-state index in [2.05, 4.69) is 22.2 Å². The Kier molecular flexibility index (Phi) is 8.69. The van der Waals surface area contributed by atoms with Crippen LogP contribution in [0.4, 0.5) is 18.0 Å². The lowest BCUT2D eigenvalue weighted by molar-refractivity contribution is -0.150. The molecule has 14 heteroatoms. The number of benzene rings is 1. The normalized spacial score (nSPS) is 25.1. The third-order valence-electron chi connectivity index (χ3n) is 8.79. The summed E-state index contributed by atoms with van der Waals surface area (Å²) < 4.78 is 58.4. The van der Waals surface area contributed by atoms with Crippen molar-refractivity contribution in [2.24, 2.45) is 5.92 Å². The lowest BCUT2D eigenvalue weighted by Gasteiger charge is -2.36. The number of carbonyl (C=O) groups excluding carboxylic acids is 4. The monoisotopic (exact) mass is 660 g/mol. The maximum atomic E-state index is 13.9. The van der Waals surface area contributed by atoms with Crippen molar-refractivity contribution in [2.45, 2.75) is 89.3 Å². The molecule has 1 saturated heterocycles. The van der Waals surface area contributed by atoms with Crippen LogP contribution in [0.25, 0.3) is 10.9 Å². The van der Waals surface area contributed by atoms with Gasteiger partial charge in [0.1, 0.15) is 35.1 Å². The number of pyridine rings is 1. The Morgan fingerprint density at radius 1 is 1.19 bits per heavy atom. The first-order valence-corrected chi connectivity index (χ1v) is 15.5. The van der Waals surface area contributed by atoms with Crippen molar-refractivity contribution in [1.82, 2.24) is 20.5 Å². The quantitative estimate of drug-likeness (QED) is 0.330. The first-order valence-electron chi connectivity index (χ1n) is 15.5. The van der Waals surface area contributed by atoms with Crippen LogP contribution in [-0.4, -0.2) is 76.2 Å². The zero-order valence-corrected chi connectivity index (χ0v) is 27.0. The van der Waals surface area contributed by atoms with Crippen LogP contribution < -0.4 is 15.4 Å². The maximum absolute atomic E-state index is 13.9. The van der Waals surface area contributed by atoms with Gasteiger partial charge in [0.2, 0.25) is 11.8 Å². The van der Waals surface area contributed by atoms with E-state index in [9.17, 15) is 32.3 Å². The van der Waals surface area contributed by atoms with Gasteiger partial charge in [0, 0.05) is 23.3 Å². The van der Waals surface area contributed by atoms with Crippen molar-refractivity contribution in [2.75, 3.05) is 19.7 Å². The number of likely N-dealkylation sites (tertiary alicyclic amines) is 1. The number of nitrogens with one attached hydrogen (secondary N) is 2. The molecule has 11 nitrogen and oxygen atoms in total. The van der Waals surface area contributed by atoms with E-state index in [1.165, 1.54) is 11.0 Å². The molecule has 47 heavy (non-hydrogen) atoms. The van der Waals surface area contributed by atoms with Gasteiger partial charge >= 0.3 is 18.2 Å². The van der Waals surface area contributed by atoms with Gasteiger partial charge in [0.25, 0.3) is 0 Å². The number of alkyl halides is 3. The average molecular weight is 661 g/mol. The number of esters is 1. The molecule has 2 aliphatic heterocycles. The molecule has 1 saturated carbocycles. The Balaban J connectivity index is 1.45. The fraction of sp³-hybridized carbons (Fsp3) is 0.545. The fourth-order valence-corrected chi connectivity index (χ4v) is 6.53. The van der Waals surface area contributed by atoms with Crippen LogP contribution in [0.5, 0.6) is 5.75 Å². The topological polar surface area (TPSA) is 136 Å². The number of carbonyl (C=O) groups is 4. The number of fused-ring (bicyclic) bond motifs is 3. The summed E-state index contributed by atoms with van der Waals surface area (Å²) in [5, 5.41) is 5.55. The van der Waals surface area contributed by atoms with Crippen molar-refractivity contribution in [3.63, 3.8) is 0 Å². The number of para-hydroxylation sites is 1. The molecule has 1 aliphatic carbocycles. The van der Waals surface area contributed by atoms with Crippen molar-refractivity contribution in [3.05, 3.63) is 47.7 Å². The molecule has 3 aliphatic rings. The third kappa shape index (κ3) is 6.59. The summed E-state index contributed by atoms with van der Waals surface area (Å²) in [7, 11) is 0. The van der Waals surface area contributed by atoms with Crippen molar-refractivity contribution < 1.29 is 46.6 Å². The van der Waals surface area contributed by atoms with Crippen LogP contribution in [0.1, 0.15) is 63.8 Å². The zero-order valence-electron chi connectivity index (χ0n) is 27.0. The van der Waals surface area contributed by atoms with Crippen molar-refractivity contribution in [1.29, 1.82) is 0 Å². The minimum absolute atomic E-state index is 0.0220. The predicted octanol–water partition coefficient (Wildman–Crippen LogP) is 4.38. The summed E-state index contributed by atoms with van der Waals surface area (Å²) in [5.74, 6) is -1.86. The molecule has 254 valence electrons. The second kappa shape index (κ2) is 12.0. The molecule has 4 atom stereocenters. The summed E-state index contributed by atoms with van der Waals surface area (Å²) in [4.78, 5) is 58.3. The van der Waals surface area contributed by atoms with E-state index in [1.807, 2.05) is 0 Å². The highest BCUT2D eigenvalue weighted by Crippen LogP contribution is 2.48. The fourth-order valence-electron chi connectivity index (χ4n) is 6.53. The minimum Gasteiger partial charge on any atom is -0.483 e. The molecule has 4 unspecified atom stereocenters. The van der Waals surface area contributed by atoms with E-state index < -0.39 is 64.9 Å². The first-order chi connectivity index (χ1) is 21.9. The lowest BCUT2D eigenvalue weighted by Crippen LogP contribution is -2.54. The third-order valence-corrected chi connectivity index (χ3v) is 8.79. The number of aryl methyl sites for hydroxylation is 2. The minimum atomic E-state index is -4.60. The maximum Gasteiger partial charge on any atom is 0.418 e. The summed E-state index contributed by atoms with van der Waals surface area (Å²) in [6.07, 6.45) is -2.97. The molecule has 2 fully saturated rings. The van der Waals surface area contributed by atoms with Gasteiger partial charge in [-0.05, 0) is 59.9 Å². The van der Waals surface area contributed by atoms with Gasteiger partial charge < -0.3 is 29.7 Å². The molecular weight excluding hydrogens is 621 g/mol. The van der Waals surface area contributed by atoms with Crippen LogP contribution in [0.2, 0.25) is 0 Å². The van der Waals surface area contributed by atoms with Gasteiger partial charge in [-0.25, -0.2) is 14.6 Å². The van der Waals surface area contributed by atoms with Crippen LogP contribution in [0.15, 0.2) is 30.9 Å². The molecule has 1 spiro atoms. The van der Waals surface area contributed by atoms with Gasteiger partial charge in [-0.3, -0.25) is 9.59 Å². The molecule has 1 aromatic heterocycles. The van der Waals surface area contributed by atoms with Crippen LogP contribution in [-0.2, 0) is 36.5 Å².